The smallest absolute Gasteiger partial charge is 0.138 e. The summed E-state index contributed by atoms with van der Waals surface area (Å²) in [6.07, 6.45) is 4.12. The highest BCUT2D eigenvalue weighted by Crippen LogP contribution is 2.32. The van der Waals surface area contributed by atoms with Gasteiger partial charge in [-0.1, -0.05) is 11.6 Å². The first-order chi connectivity index (χ1) is 7.22. The average molecular weight is 246 g/mol. The lowest BCUT2D eigenvalue weighted by Crippen LogP contribution is -2.22. The summed E-state index contributed by atoms with van der Waals surface area (Å²) in [6.45, 7) is 1.03. The van der Waals surface area contributed by atoms with Gasteiger partial charge in [0.05, 0.1) is 5.88 Å². The highest BCUT2D eigenvalue weighted by atomic mass is 35.5. The third-order valence-electron chi connectivity index (χ3n) is 2.59. The quantitative estimate of drug-likeness (QED) is 0.604. The molecule has 1 saturated carbocycles. The molecule has 5 heteroatoms. The summed E-state index contributed by atoms with van der Waals surface area (Å²) in [5, 5.41) is 0.456. The van der Waals surface area contributed by atoms with E-state index < -0.39 is 0 Å². The molecule has 0 aromatic carbocycles. The molecule has 1 aromatic heterocycles. The van der Waals surface area contributed by atoms with E-state index in [1.165, 1.54) is 19.2 Å². The highest BCUT2D eigenvalue weighted by Gasteiger charge is 2.24. The van der Waals surface area contributed by atoms with Gasteiger partial charge in [-0.05, 0) is 18.8 Å². The zero-order chi connectivity index (χ0) is 10.8. The summed E-state index contributed by atoms with van der Waals surface area (Å²) < 4.78 is 0. The SMILES string of the molecule is CN(CC1CC1)c1ncnc(Cl)c1CCl. The van der Waals surface area contributed by atoms with Crippen LogP contribution in [0.15, 0.2) is 6.33 Å². The first kappa shape index (κ1) is 11.0. The molecule has 15 heavy (non-hydrogen) atoms. The number of hydrogen-bond acceptors (Lipinski definition) is 3. The third kappa shape index (κ3) is 2.52. The van der Waals surface area contributed by atoms with Gasteiger partial charge in [0.2, 0.25) is 0 Å². The lowest BCUT2D eigenvalue weighted by atomic mass is 10.3. The van der Waals surface area contributed by atoms with Gasteiger partial charge in [0.15, 0.2) is 0 Å². The van der Waals surface area contributed by atoms with Crippen LogP contribution >= 0.6 is 23.2 Å². The second-order valence-electron chi connectivity index (χ2n) is 3.92. The lowest BCUT2D eigenvalue weighted by molar-refractivity contribution is 0.771. The molecule has 0 atom stereocenters. The average Bonchev–Trinajstić information content (AvgIpc) is 3.01. The molecule has 0 radical (unpaired) electrons. The molecule has 0 saturated heterocycles. The number of nitrogens with zero attached hydrogens (tertiary/aromatic N) is 3. The highest BCUT2D eigenvalue weighted by molar-refractivity contribution is 6.31. The van der Waals surface area contributed by atoms with Crippen molar-refractivity contribution in [2.45, 2.75) is 18.7 Å². The Kier molecular flexibility index (Phi) is 3.32. The van der Waals surface area contributed by atoms with Gasteiger partial charge in [-0.2, -0.15) is 0 Å². The fraction of sp³-hybridized carbons (Fsp3) is 0.600. The summed E-state index contributed by atoms with van der Waals surface area (Å²) in [5.41, 5.74) is 0.823. The van der Waals surface area contributed by atoms with E-state index in [9.17, 15) is 0 Å². The Bertz CT molecular complexity index is 353. The second-order valence-corrected chi connectivity index (χ2v) is 4.55. The van der Waals surface area contributed by atoms with E-state index in [-0.39, 0.29) is 0 Å². The van der Waals surface area contributed by atoms with Crippen LogP contribution < -0.4 is 4.90 Å². The molecule has 2 rings (SSSR count). The normalized spacial score (nSPS) is 15.4. The van der Waals surface area contributed by atoms with Crippen LogP contribution in [-0.2, 0) is 5.88 Å². The van der Waals surface area contributed by atoms with Gasteiger partial charge in [0.25, 0.3) is 0 Å². The van der Waals surface area contributed by atoms with Gasteiger partial charge in [-0.25, -0.2) is 9.97 Å². The summed E-state index contributed by atoms with van der Waals surface area (Å²) in [4.78, 5) is 10.3. The van der Waals surface area contributed by atoms with Crippen LogP contribution in [0.25, 0.3) is 0 Å². The van der Waals surface area contributed by atoms with Crippen molar-refractivity contribution >= 4 is 29.0 Å². The maximum atomic E-state index is 5.96. The maximum Gasteiger partial charge on any atom is 0.138 e. The van der Waals surface area contributed by atoms with Gasteiger partial charge in [-0.3, -0.25) is 0 Å². The zero-order valence-electron chi connectivity index (χ0n) is 8.58. The van der Waals surface area contributed by atoms with E-state index in [4.69, 9.17) is 23.2 Å². The summed E-state index contributed by atoms with van der Waals surface area (Å²) >= 11 is 11.8. The largest absolute Gasteiger partial charge is 0.359 e. The molecular formula is C10H13Cl2N3. The topological polar surface area (TPSA) is 29.0 Å². The standard InChI is InChI=1S/C10H13Cl2N3/c1-15(5-7-2-3-7)10-8(4-11)9(12)13-6-14-10/h6-7H,2-5H2,1H3. The minimum absolute atomic E-state index is 0.351. The second kappa shape index (κ2) is 4.54. The molecule has 0 bridgehead atoms. The molecular weight excluding hydrogens is 233 g/mol. The van der Waals surface area contributed by atoms with Crippen molar-refractivity contribution < 1.29 is 0 Å². The summed E-state index contributed by atoms with van der Waals surface area (Å²) in [7, 11) is 2.02. The van der Waals surface area contributed by atoms with Crippen LogP contribution in [0.5, 0.6) is 0 Å². The molecule has 0 amide bonds. The number of hydrogen-bond donors (Lipinski definition) is 0. The first-order valence-electron chi connectivity index (χ1n) is 4.99. The van der Waals surface area contributed by atoms with Gasteiger partial charge in [0.1, 0.15) is 17.3 Å². The Balaban J connectivity index is 2.20. The third-order valence-corrected chi connectivity index (χ3v) is 3.19. The number of alkyl halides is 1. The van der Waals surface area contributed by atoms with Crippen molar-refractivity contribution in [1.82, 2.24) is 9.97 Å². The fourth-order valence-electron chi connectivity index (χ4n) is 1.60. The minimum Gasteiger partial charge on any atom is -0.359 e. The lowest BCUT2D eigenvalue weighted by Gasteiger charge is -2.20. The molecule has 82 valence electrons. The molecule has 3 nitrogen and oxygen atoms in total. The monoisotopic (exact) mass is 245 g/mol. The number of rotatable bonds is 4. The van der Waals surface area contributed by atoms with E-state index in [1.54, 1.807) is 0 Å². The van der Waals surface area contributed by atoms with Gasteiger partial charge >= 0.3 is 0 Å². The Morgan fingerprint density at radius 3 is 2.80 bits per heavy atom. The molecule has 0 N–H and O–H groups in total. The van der Waals surface area contributed by atoms with Gasteiger partial charge < -0.3 is 4.90 Å². The first-order valence-corrected chi connectivity index (χ1v) is 5.90. The molecule has 0 unspecified atom stereocenters. The molecule has 1 heterocycles. The Morgan fingerprint density at radius 1 is 1.47 bits per heavy atom. The molecule has 1 aliphatic rings. The van der Waals surface area contributed by atoms with Crippen molar-refractivity contribution in [3.8, 4) is 0 Å². The predicted molar refractivity (Wildman–Crippen MR) is 62.6 cm³/mol. The van der Waals surface area contributed by atoms with Crippen LogP contribution in [0.2, 0.25) is 5.15 Å². The van der Waals surface area contributed by atoms with Crippen LogP contribution in [0.4, 0.5) is 5.82 Å². The number of anilines is 1. The Hall–Kier alpha value is -0.540. The van der Waals surface area contributed by atoms with Gasteiger partial charge in [-0.15, -0.1) is 11.6 Å². The molecule has 0 aliphatic heterocycles. The molecule has 1 aliphatic carbocycles. The van der Waals surface area contributed by atoms with Crippen LogP contribution in [0, 0.1) is 5.92 Å². The summed E-state index contributed by atoms with van der Waals surface area (Å²) in [6, 6.07) is 0. The molecule has 1 fully saturated rings. The van der Waals surface area contributed by atoms with Crippen LogP contribution in [0.1, 0.15) is 18.4 Å². The van der Waals surface area contributed by atoms with E-state index in [2.05, 4.69) is 14.9 Å². The Morgan fingerprint density at radius 2 is 2.20 bits per heavy atom. The van der Waals surface area contributed by atoms with Crippen LogP contribution in [0.3, 0.4) is 0 Å². The molecule has 1 aromatic rings. The fourth-order valence-corrected chi connectivity index (χ4v) is 2.11. The number of aromatic nitrogens is 2. The molecule has 0 spiro atoms. The van der Waals surface area contributed by atoms with Crippen molar-refractivity contribution in [3.63, 3.8) is 0 Å². The van der Waals surface area contributed by atoms with E-state index >= 15 is 0 Å². The van der Waals surface area contributed by atoms with Crippen molar-refractivity contribution in [1.29, 1.82) is 0 Å². The van der Waals surface area contributed by atoms with E-state index in [0.717, 1.165) is 23.8 Å². The van der Waals surface area contributed by atoms with E-state index in [1.807, 2.05) is 7.05 Å². The predicted octanol–water partition coefficient (Wildman–Crippen LogP) is 2.72. The van der Waals surface area contributed by atoms with Crippen molar-refractivity contribution in [3.05, 3.63) is 17.0 Å². The zero-order valence-corrected chi connectivity index (χ0v) is 10.1. The Labute approximate surface area is 99.4 Å². The van der Waals surface area contributed by atoms with Crippen LogP contribution in [-0.4, -0.2) is 23.6 Å². The summed E-state index contributed by atoms with van der Waals surface area (Å²) in [5.74, 6) is 2.02. The van der Waals surface area contributed by atoms with Crippen molar-refractivity contribution in [2.75, 3.05) is 18.5 Å². The number of halogens is 2. The van der Waals surface area contributed by atoms with Gasteiger partial charge in [0, 0.05) is 19.2 Å². The van der Waals surface area contributed by atoms with E-state index in [0.29, 0.717) is 11.0 Å². The minimum atomic E-state index is 0.351. The maximum absolute atomic E-state index is 5.96. The van der Waals surface area contributed by atoms with Crippen molar-refractivity contribution in [2.24, 2.45) is 5.92 Å².